The molecule has 0 atom stereocenters. The number of aromatic nitrogens is 4. The van der Waals surface area contributed by atoms with E-state index in [0.717, 1.165) is 21.8 Å². The Morgan fingerprint density at radius 1 is 1.07 bits per heavy atom. The Bertz CT molecular complexity index is 656. The molecule has 6 nitrogen and oxygen atoms in total. The molecule has 74 valence electrons. The molecule has 2 heterocycles. The minimum absolute atomic E-state index is 0.175. The molecule has 3 rings (SSSR count). The maximum absolute atomic E-state index is 5.76. The predicted octanol–water partition coefficient (Wildman–Crippen LogP) is 0.670. The van der Waals surface area contributed by atoms with Gasteiger partial charge in [0.1, 0.15) is 5.82 Å². The zero-order valence-corrected chi connectivity index (χ0v) is 7.73. The SMILES string of the molecule is Nc1nc(N)c2ccc3[nH]ncc3c2n1. The Hall–Kier alpha value is -2.37. The molecule has 1 aromatic carbocycles. The lowest BCUT2D eigenvalue weighted by molar-refractivity contribution is 1.12. The van der Waals surface area contributed by atoms with E-state index >= 15 is 0 Å². The number of nitrogens with zero attached hydrogens (tertiary/aromatic N) is 3. The van der Waals surface area contributed by atoms with Crippen LogP contribution in [-0.4, -0.2) is 20.2 Å². The lowest BCUT2D eigenvalue weighted by Gasteiger charge is -2.02. The van der Waals surface area contributed by atoms with Crippen molar-refractivity contribution >= 4 is 33.6 Å². The van der Waals surface area contributed by atoms with E-state index in [1.54, 1.807) is 6.20 Å². The third-order valence-electron chi connectivity index (χ3n) is 2.33. The Balaban J connectivity index is 2.61. The number of nitrogens with two attached hydrogens (primary N) is 2. The van der Waals surface area contributed by atoms with E-state index in [1.165, 1.54) is 0 Å². The summed E-state index contributed by atoms with van der Waals surface area (Å²) in [5.74, 6) is 0.564. The molecule has 0 fully saturated rings. The second-order valence-electron chi connectivity index (χ2n) is 3.26. The van der Waals surface area contributed by atoms with Gasteiger partial charge in [-0.05, 0) is 12.1 Å². The van der Waals surface area contributed by atoms with Crippen LogP contribution in [0.3, 0.4) is 0 Å². The monoisotopic (exact) mass is 200 g/mol. The van der Waals surface area contributed by atoms with E-state index in [1.807, 2.05) is 12.1 Å². The molecule has 0 amide bonds. The van der Waals surface area contributed by atoms with Gasteiger partial charge in [0.05, 0.1) is 17.2 Å². The quantitative estimate of drug-likeness (QED) is 0.494. The van der Waals surface area contributed by atoms with Gasteiger partial charge in [0, 0.05) is 10.8 Å². The van der Waals surface area contributed by atoms with Crippen molar-refractivity contribution in [2.75, 3.05) is 11.5 Å². The molecule has 0 bridgehead atoms. The molecule has 15 heavy (non-hydrogen) atoms. The topological polar surface area (TPSA) is 106 Å². The van der Waals surface area contributed by atoms with Crippen molar-refractivity contribution in [3.8, 4) is 0 Å². The first-order valence-electron chi connectivity index (χ1n) is 4.40. The van der Waals surface area contributed by atoms with Gasteiger partial charge < -0.3 is 11.5 Å². The van der Waals surface area contributed by atoms with Crippen LogP contribution in [-0.2, 0) is 0 Å². The summed E-state index contributed by atoms with van der Waals surface area (Å²) < 4.78 is 0. The normalized spacial score (nSPS) is 11.2. The molecule has 0 aliphatic heterocycles. The van der Waals surface area contributed by atoms with Crippen molar-refractivity contribution in [1.82, 2.24) is 20.2 Å². The fraction of sp³-hybridized carbons (Fsp3) is 0. The van der Waals surface area contributed by atoms with Gasteiger partial charge in [-0.1, -0.05) is 0 Å². The largest absolute Gasteiger partial charge is 0.383 e. The highest BCUT2D eigenvalue weighted by molar-refractivity contribution is 6.07. The van der Waals surface area contributed by atoms with Gasteiger partial charge in [-0.2, -0.15) is 10.1 Å². The van der Waals surface area contributed by atoms with Crippen LogP contribution in [0.15, 0.2) is 18.3 Å². The molecule has 0 radical (unpaired) electrons. The van der Waals surface area contributed by atoms with Crippen LogP contribution in [0.5, 0.6) is 0 Å². The zero-order chi connectivity index (χ0) is 10.4. The molecule has 0 saturated carbocycles. The molecule has 0 spiro atoms. The average molecular weight is 200 g/mol. The summed E-state index contributed by atoms with van der Waals surface area (Å²) in [7, 11) is 0. The Morgan fingerprint density at radius 2 is 1.93 bits per heavy atom. The van der Waals surface area contributed by atoms with Crippen molar-refractivity contribution < 1.29 is 0 Å². The maximum Gasteiger partial charge on any atom is 0.222 e. The highest BCUT2D eigenvalue weighted by atomic mass is 15.1. The molecule has 0 saturated heterocycles. The predicted molar refractivity (Wildman–Crippen MR) is 58.0 cm³/mol. The molecule has 0 unspecified atom stereocenters. The first-order valence-corrected chi connectivity index (χ1v) is 4.40. The summed E-state index contributed by atoms with van der Waals surface area (Å²) >= 11 is 0. The van der Waals surface area contributed by atoms with Gasteiger partial charge in [-0.25, -0.2) is 4.98 Å². The van der Waals surface area contributed by atoms with E-state index in [9.17, 15) is 0 Å². The number of nitrogen functional groups attached to an aromatic ring is 2. The van der Waals surface area contributed by atoms with Crippen LogP contribution in [0.2, 0.25) is 0 Å². The van der Waals surface area contributed by atoms with Gasteiger partial charge in [0.15, 0.2) is 0 Å². The lowest BCUT2D eigenvalue weighted by atomic mass is 10.1. The summed E-state index contributed by atoms with van der Waals surface area (Å²) in [4.78, 5) is 8.07. The highest BCUT2D eigenvalue weighted by Gasteiger charge is 2.07. The number of anilines is 2. The summed E-state index contributed by atoms with van der Waals surface area (Å²) in [6, 6.07) is 3.74. The van der Waals surface area contributed by atoms with E-state index in [2.05, 4.69) is 20.2 Å². The first-order chi connectivity index (χ1) is 7.25. The third-order valence-corrected chi connectivity index (χ3v) is 2.33. The van der Waals surface area contributed by atoms with Gasteiger partial charge in [-0.3, -0.25) is 5.10 Å². The first kappa shape index (κ1) is 7.98. The van der Waals surface area contributed by atoms with Crippen molar-refractivity contribution in [2.45, 2.75) is 0 Å². The molecule has 6 heteroatoms. The van der Waals surface area contributed by atoms with E-state index in [4.69, 9.17) is 11.5 Å². The van der Waals surface area contributed by atoms with Gasteiger partial charge in [0.25, 0.3) is 0 Å². The van der Waals surface area contributed by atoms with Crippen LogP contribution in [0.1, 0.15) is 0 Å². The van der Waals surface area contributed by atoms with Gasteiger partial charge >= 0.3 is 0 Å². The van der Waals surface area contributed by atoms with E-state index < -0.39 is 0 Å². The van der Waals surface area contributed by atoms with Gasteiger partial charge in [-0.15, -0.1) is 0 Å². The smallest absolute Gasteiger partial charge is 0.222 e. The standard InChI is InChI=1S/C9H8N6/c10-8-4-1-2-6-5(3-12-15-6)7(4)13-9(11)14-8/h1-3H,(H,12,15)(H4,10,11,13,14). The molecule has 0 aliphatic rings. The molecular weight excluding hydrogens is 192 g/mol. The number of hydrogen-bond donors (Lipinski definition) is 3. The summed E-state index contributed by atoms with van der Waals surface area (Å²) in [6.07, 6.45) is 1.70. The van der Waals surface area contributed by atoms with E-state index in [-0.39, 0.29) is 5.95 Å². The van der Waals surface area contributed by atoms with Crippen molar-refractivity contribution in [3.63, 3.8) is 0 Å². The Morgan fingerprint density at radius 3 is 2.80 bits per heavy atom. The van der Waals surface area contributed by atoms with Crippen LogP contribution in [0, 0.1) is 0 Å². The zero-order valence-electron chi connectivity index (χ0n) is 7.73. The number of rotatable bonds is 0. The fourth-order valence-electron chi connectivity index (χ4n) is 1.65. The summed E-state index contributed by atoms with van der Waals surface area (Å²) in [6.45, 7) is 0. The number of hydrogen-bond acceptors (Lipinski definition) is 5. The average Bonchev–Trinajstić information content (AvgIpc) is 2.65. The van der Waals surface area contributed by atoms with E-state index in [0.29, 0.717) is 5.82 Å². The van der Waals surface area contributed by atoms with Crippen molar-refractivity contribution in [1.29, 1.82) is 0 Å². The third kappa shape index (κ3) is 1.01. The number of aromatic amines is 1. The van der Waals surface area contributed by atoms with Crippen molar-refractivity contribution in [3.05, 3.63) is 18.3 Å². The second kappa shape index (κ2) is 2.57. The minimum Gasteiger partial charge on any atom is -0.383 e. The molecule has 0 aliphatic carbocycles. The highest BCUT2D eigenvalue weighted by Crippen LogP contribution is 2.25. The lowest BCUT2D eigenvalue weighted by Crippen LogP contribution is -2.00. The summed E-state index contributed by atoms with van der Waals surface area (Å²) in [5, 5.41) is 8.49. The van der Waals surface area contributed by atoms with Crippen LogP contribution in [0.25, 0.3) is 21.8 Å². The molecule has 2 aromatic heterocycles. The van der Waals surface area contributed by atoms with Crippen molar-refractivity contribution in [2.24, 2.45) is 0 Å². The number of benzene rings is 1. The maximum atomic E-state index is 5.76. The van der Waals surface area contributed by atoms with Crippen LogP contribution in [0.4, 0.5) is 11.8 Å². The molecule has 3 aromatic rings. The molecular formula is C9H8N6. The number of H-pyrrole nitrogens is 1. The van der Waals surface area contributed by atoms with Gasteiger partial charge in [0.2, 0.25) is 5.95 Å². The second-order valence-corrected chi connectivity index (χ2v) is 3.26. The Kier molecular flexibility index (Phi) is 1.37. The van der Waals surface area contributed by atoms with Crippen LogP contribution >= 0.6 is 0 Å². The Labute approximate surface area is 84.3 Å². The fourth-order valence-corrected chi connectivity index (χ4v) is 1.65. The molecule has 5 N–H and O–H groups in total. The number of fused-ring (bicyclic) bond motifs is 3. The minimum atomic E-state index is 0.175. The van der Waals surface area contributed by atoms with Crippen LogP contribution < -0.4 is 11.5 Å². The number of nitrogens with one attached hydrogen (secondary N) is 1. The summed E-state index contributed by atoms with van der Waals surface area (Å²) in [5.41, 5.74) is 12.9.